The Kier molecular flexibility index (Phi) is 5.60. The van der Waals surface area contributed by atoms with Crippen molar-refractivity contribution in [2.75, 3.05) is 37.7 Å². The van der Waals surface area contributed by atoms with Crippen LogP contribution in [0.15, 0.2) is 29.2 Å². The van der Waals surface area contributed by atoms with Gasteiger partial charge in [0.05, 0.1) is 18.5 Å². The van der Waals surface area contributed by atoms with Crippen LogP contribution in [0.3, 0.4) is 0 Å². The lowest BCUT2D eigenvalue weighted by Gasteiger charge is -2.36. The van der Waals surface area contributed by atoms with Crippen molar-refractivity contribution in [2.45, 2.75) is 20.4 Å². The molecule has 25 heavy (non-hydrogen) atoms. The third-order valence-electron chi connectivity index (χ3n) is 4.58. The van der Waals surface area contributed by atoms with E-state index in [2.05, 4.69) is 33.0 Å². The summed E-state index contributed by atoms with van der Waals surface area (Å²) in [6, 6.07) is 6.22. The summed E-state index contributed by atoms with van der Waals surface area (Å²) in [6.45, 7) is 9.11. The van der Waals surface area contributed by atoms with E-state index in [0.29, 0.717) is 12.3 Å². The minimum absolute atomic E-state index is 0.212. The number of hydrogen-bond donors (Lipinski definition) is 1. The van der Waals surface area contributed by atoms with Crippen molar-refractivity contribution < 1.29 is 4.74 Å². The summed E-state index contributed by atoms with van der Waals surface area (Å²) in [6.07, 6.45) is 1.62. The van der Waals surface area contributed by atoms with E-state index >= 15 is 0 Å². The second kappa shape index (κ2) is 7.89. The molecule has 3 rings (SSSR count). The van der Waals surface area contributed by atoms with Crippen molar-refractivity contribution in [3.8, 4) is 5.75 Å². The molecule has 0 spiro atoms. The zero-order valence-electron chi connectivity index (χ0n) is 14.6. The summed E-state index contributed by atoms with van der Waals surface area (Å²) in [5, 5.41) is 6.42. The van der Waals surface area contributed by atoms with Crippen molar-refractivity contribution >= 4 is 17.3 Å². The molecule has 2 heterocycles. The molecule has 1 saturated heterocycles. The second-order valence-corrected chi connectivity index (χ2v) is 6.51. The molecule has 0 bridgehead atoms. The van der Waals surface area contributed by atoms with E-state index < -0.39 is 0 Å². The molecule has 1 aliphatic heterocycles. The number of nitrogens with zero attached hydrogens (tertiary/aromatic N) is 3. The highest BCUT2D eigenvalue weighted by molar-refractivity contribution is 6.32. The fourth-order valence-corrected chi connectivity index (χ4v) is 3.34. The number of benzene rings is 1. The summed E-state index contributed by atoms with van der Waals surface area (Å²) < 4.78 is 5.68. The second-order valence-electron chi connectivity index (χ2n) is 6.13. The maximum absolute atomic E-state index is 11.6. The largest absolute Gasteiger partial charge is 0.494 e. The third-order valence-corrected chi connectivity index (χ3v) is 4.95. The van der Waals surface area contributed by atoms with E-state index in [4.69, 9.17) is 16.3 Å². The number of aromatic nitrogens is 2. The molecule has 6 nitrogen and oxygen atoms in total. The Bertz CT molecular complexity index is 785. The van der Waals surface area contributed by atoms with Crippen LogP contribution in [-0.2, 0) is 6.54 Å². The van der Waals surface area contributed by atoms with Gasteiger partial charge in [-0.1, -0.05) is 23.7 Å². The van der Waals surface area contributed by atoms with Gasteiger partial charge in [0.15, 0.2) is 0 Å². The molecule has 0 aliphatic carbocycles. The molecule has 0 unspecified atom stereocenters. The number of rotatable bonds is 5. The maximum atomic E-state index is 11.6. The van der Waals surface area contributed by atoms with E-state index in [9.17, 15) is 4.79 Å². The Morgan fingerprint density at radius 3 is 2.76 bits per heavy atom. The molecule has 0 atom stereocenters. The molecule has 2 aromatic rings. The van der Waals surface area contributed by atoms with Gasteiger partial charge in [0.2, 0.25) is 0 Å². The van der Waals surface area contributed by atoms with Crippen molar-refractivity contribution in [3.63, 3.8) is 0 Å². The molecule has 1 aromatic heterocycles. The summed E-state index contributed by atoms with van der Waals surface area (Å²) in [4.78, 5) is 16.1. The van der Waals surface area contributed by atoms with Crippen LogP contribution in [0.25, 0.3) is 0 Å². The average Bonchev–Trinajstić information content (AvgIpc) is 2.62. The van der Waals surface area contributed by atoms with Crippen LogP contribution in [0.5, 0.6) is 5.75 Å². The van der Waals surface area contributed by atoms with Crippen LogP contribution in [0.4, 0.5) is 5.69 Å². The molecule has 1 aliphatic rings. The Labute approximate surface area is 152 Å². The highest BCUT2D eigenvalue weighted by atomic mass is 35.5. The number of hydrogen-bond acceptors (Lipinski definition) is 5. The first-order valence-electron chi connectivity index (χ1n) is 8.52. The Hall–Kier alpha value is -2.05. The van der Waals surface area contributed by atoms with Crippen molar-refractivity contribution in [1.29, 1.82) is 0 Å². The molecule has 1 N–H and O–H groups in total. The topological polar surface area (TPSA) is 61.5 Å². The molecule has 0 radical (unpaired) electrons. The fourth-order valence-electron chi connectivity index (χ4n) is 3.13. The van der Waals surface area contributed by atoms with Gasteiger partial charge in [-0.25, -0.2) is 5.10 Å². The van der Waals surface area contributed by atoms with Gasteiger partial charge in [-0.2, -0.15) is 5.10 Å². The number of piperazine rings is 1. The predicted octanol–water partition coefficient (Wildman–Crippen LogP) is 2.45. The van der Waals surface area contributed by atoms with Crippen LogP contribution in [0.1, 0.15) is 18.1 Å². The molecule has 0 amide bonds. The third kappa shape index (κ3) is 3.96. The van der Waals surface area contributed by atoms with Crippen LogP contribution in [-0.4, -0.2) is 47.9 Å². The zero-order valence-corrected chi connectivity index (χ0v) is 15.3. The number of anilines is 1. The molecule has 0 saturated carbocycles. The predicted molar refractivity (Wildman–Crippen MR) is 99.7 cm³/mol. The van der Waals surface area contributed by atoms with Gasteiger partial charge < -0.3 is 9.64 Å². The number of nitrogens with one attached hydrogen (secondary N) is 1. The van der Waals surface area contributed by atoms with Crippen LogP contribution >= 0.6 is 11.6 Å². The van der Waals surface area contributed by atoms with Crippen molar-refractivity contribution in [3.05, 3.63) is 50.9 Å². The summed E-state index contributed by atoms with van der Waals surface area (Å²) in [7, 11) is 0. The van der Waals surface area contributed by atoms with E-state index in [0.717, 1.165) is 38.5 Å². The Morgan fingerprint density at radius 2 is 2.04 bits per heavy atom. The normalized spacial score (nSPS) is 15.4. The minimum atomic E-state index is -0.343. The highest BCUT2D eigenvalue weighted by Gasteiger charge is 2.21. The van der Waals surface area contributed by atoms with E-state index in [1.54, 1.807) is 6.20 Å². The van der Waals surface area contributed by atoms with Crippen LogP contribution in [0, 0.1) is 6.92 Å². The number of H-pyrrole nitrogens is 1. The summed E-state index contributed by atoms with van der Waals surface area (Å²) in [5.74, 6) is 0.958. The van der Waals surface area contributed by atoms with Gasteiger partial charge in [-0.15, -0.1) is 0 Å². The van der Waals surface area contributed by atoms with Gasteiger partial charge >= 0.3 is 0 Å². The van der Waals surface area contributed by atoms with Gasteiger partial charge in [0.1, 0.15) is 10.8 Å². The Morgan fingerprint density at radius 1 is 1.28 bits per heavy atom. The SMILES string of the molecule is CCOc1cccc(CN2CCN(c3cn[nH]c(=O)c3Cl)CC2)c1C. The number of halogens is 1. The smallest absolute Gasteiger partial charge is 0.285 e. The molecule has 1 aromatic carbocycles. The van der Waals surface area contributed by atoms with Crippen LogP contribution < -0.4 is 15.2 Å². The van der Waals surface area contributed by atoms with E-state index in [1.165, 1.54) is 11.1 Å². The minimum Gasteiger partial charge on any atom is -0.494 e. The molecular formula is C18H23ClN4O2. The maximum Gasteiger partial charge on any atom is 0.285 e. The highest BCUT2D eigenvalue weighted by Crippen LogP contribution is 2.25. The monoisotopic (exact) mass is 362 g/mol. The molecule has 134 valence electrons. The molecule has 1 fully saturated rings. The van der Waals surface area contributed by atoms with Crippen LogP contribution in [0.2, 0.25) is 5.02 Å². The number of ether oxygens (including phenoxy) is 1. The van der Waals surface area contributed by atoms with Gasteiger partial charge in [-0.05, 0) is 31.0 Å². The van der Waals surface area contributed by atoms with E-state index in [1.807, 2.05) is 19.1 Å². The zero-order chi connectivity index (χ0) is 17.8. The fraction of sp³-hybridized carbons (Fsp3) is 0.444. The van der Waals surface area contributed by atoms with Crippen molar-refractivity contribution in [2.24, 2.45) is 0 Å². The van der Waals surface area contributed by atoms with Gasteiger partial charge in [0, 0.05) is 32.7 Å². The first-order chi connectivity index (χ1) is 12.1. The average molecular weight is 363 g/mol. The van der Waals surface area contributed by atoms with Gasteiger partial charge in [-0.3, -0.25) is 9.69 Å². The molecule has 7 heteroatoms. The van der Waals surface area contributed by atoms with Crippen molar-refractivity contribution in [1.82, 2.24) is 15.1 Å². The quantitative estimate of drug-likeness (QED) is 0.885. The lowest BCUT2D eigenvalue weighted by molar-refractivity contribution is 0.248. The standard InChI is InChI=1S/C18H23ClN4O2/c1-3-25-16-6-4-5-14(13(16)2)12-22-7-9-23(10-8-22)15-11-20-21-18(24)17(15)19/h4-6,11H,3,7-10,12H2,1-2H3,(H,21,24). The summed E-state index contributed by atoms with van der Waals surface area (Å²) >= 11 is 6.11. The van der Waals surface area contributed by atoms with E-state index in [-0.39, 0.29) is 10.6 Å². The lowest BCUT2D eigenvalue weighted by atomic mass is 10.1. The Balaban J connectivity index is 1.64. The lowest BCUT2D eigenvalue weighted by Crippen LogP contribution is -2.46. The first-order valence-corrected chi connectivity index (χ1v) is 8.89. The summed E-state index contributed by atoms with van der Waals surface area (Å²) in [5.41, 5.74) is 2.86. The number of aromatic amines is 1. The molecular weight excluding hydrogens is 340 g/mol. The van der Waals surface area contributed by atoms with Gasteiger partial charge in [0.25, 0.3) is 5.56 Å². The first kappa shape index (κ1) is 17.8.